The third-order valence-electron chi connectivity index (χ3n) is 4.85. The molecule has 2 aliphatic rings. The Balaban J connectivity index is 1.37. The number of ether oxygens (including phenoxy) is 2. The highest BCUT2D eigenvalue weighted by Gasteiger charge is 2.23. The van der Waals surface area contributed by atoms with Gasteiger partial charge >= 0.3 is 0 Å². The van der Waals surface area contributed by atoms with Crippen LogP contribution < -0.4 is 14.8 Å². The van der Waals surface area contributed by atoms with Crippen LogP contribution in [0, 0.1) is 0 Å². The smallest absolute Gasteiger partial charge is 0.251 e. The topological polar surface area (TPSA) is 91.3 Å². The van der Waals surface area contributed by atoms with Gasteiger partial charge in [0.05, 0.1) is 0 Å². The molecular formula is C20H22N2O5. The summed E-state index contributed by atoms with van der Waals surface area (Å²) >= 11 is 0. The largest absolute Gasteiger partial charge is 0.508 e. The van der Waals surface area contributed by atoms with Crippen LogP contribution in [-0.2, 0) is 6.54 Å². The third kappa shape index (κ3) is 4.09. The molecule has 142 valence electrons. The molecule has 7 heteroatoms. The fourth-order valence-electron chi connectivity index (χ4n) is 3.61. The molecule has 3 N–H and O–H groups in total. The lowest BCUT2D eigenvalue weighted by atomic mass is 10.0. The van der Waals surface area contributed by atoms with E-state index in [9.17, 15) is 15.0 Å². The molecule has 27 heavy (non-hydrogen) atoms. The fourth-order valence-corrected chi connectivity index (χ4v) is 3.61. The summed E-state index contributed by atoms with van der Waals surface area (Å²) in [6.45, 7) is 2.75. The number of nitrogens with one attached hydrogen (secondary N) is 1. The molecule has 0 spiro atoms. The summed E-state index contributed by atoms with van der Waals surface area (Å²) in [6, 6.07) is 9.87. The third-order valence-corrected chi connectivity index (χ3v) is 4.85. The second-order valence-corrected chi connectivity index (χ2v) is 6.97. The van der Waals surface area contributed by atoms with Crippen LogP contribution in [0.25, 0.3) is 0 Å². The van der Waals surface area contributed by atoms with Crippen molar-refractivity contribution in [3.63, 3.8) is 0 Å². The van der Waals surface area contributed by atoms with Gasteiger partial charge in [0.2, 0.25) is 6.79 Å². The van der Waals surface area contributed by atoms with E-state index >= 15 is 0 Å². The second kappa shape index (κ2) is 7.36. The molecule has 0 saturated carbocycles. The van der Waals surface area contributed by atoms with Crippen LogP contribution in [0.2, 0.25) is 0 Å². The maximum Gasteiger partial charge on any atom is 0.251 e. The van der Waals surface area contributed by atoms with Gasteiger partial charge in [-0.15, -0.1) is 0 Å². The number of hydrogen-bond donors (Lipinski definition) is 3. The molecule has 2 aliphatic heterocycles. The number of likely N-dealkylation sites (tertiary alicyclic amines) is 1. The Hall–Kier alpha value is -2.93. The molecule has 4 rings (SSSR count). The molecule has 0 aliphatic carbocycles. The number of aromatic hydroxyl groups is 2. The Bertz CT molecular complexity index is 834. The van der Waals surface area contributed by atoms with E-state index in [4.69, 9.17) is 9.47 Å². The second-order valence-electron chi connectivity index (χ2n) is 6.97. The highest BCUT2D eigenvalue weighted by molar-refractivity contribution is 5.95. The average Bonchev–Trinajstić information content (AvgIpc) is 3.09. The molecular weight excluding hydrogens is 348 g/mol. The zero-order valence-corrected chi connectivity index (χ0v) is 14.9. The molecule has 2 aromatic carbocycles. The standard InChI is InChI=1S/C20H22N2O5/c23-16-7-14(8-17(24)9-16)20(25)21-15-2-1-5-22(11-15)10-13-3-4-18-19(6-13)27-12-26-18/h3-4,6-9,15,23-24H,1-2,5,10-12H2,(H,21,25). The Morgan fingerprint density at radius 3 is 2.70 bits per heavy atom. The SMILES string of the molecule is O=C(NC1CCCN(Cc2ccc3c(c2)OCO3)C1)c1cc(O)cc(O)c1. The highest BCUT2D eigenvalue weighted by Crippen LogP contribution is 2.33. The van der Waals surface area contributed by atoms with Gasteiger partial charge < -0.3 is 25.0 Å². The number of hydrogen-bond acceptors (Lipinski definition) is 6. The summed E-state index contributed by atoms with van der Waals surface area (Å²) in [5.41, 5.74) is 1.39. The van der Waals surface area contributed by atoms with Gasteiger partial charge in [0, 0.05) is 30.8 Å². The van der Waals surface area contributed by atoms with Gasteiger partial charge in [-0.25, -0.2) is 0 Å². The number of carbonyl (C=O) groups excluding carboxylic acids is 1. The van der Waals surface area contributed by atoms with E-state index in [0.717, 1.165) is 49.5 Å². The number of phenolic OH excluding ortho intramolecular Hbond substituents is 2. The zero-order chi connectivity index (χ0) is 18.8. The van der Waals surface area contributed by atoms with Crippen molar-refractivity contribution in [1.29, 1.82) is 0 Å². The number of rotatable bonds is 4. The maximum atomic E-state index is 12.4. The first-order valence-electron chi connectivity index (χ1n) is 9.01. The number of fused-ring (bicyclic) bond motifs is 1. The molecule has 1 amide bonds. The summed E-state index contributed by atoms with van der Waals surface area (Å²) < 4.78 is 10.8. The van der Waals surface area contributed by atoms with Crippen LogP contribution in [-0.4, -0.2) is 46.9 Å². The van der Waals surface area contributed by atoms with Gasteiger partial charge in [-0.1, -0.05) is 6.07 Å². The minimum atomic E-state index is -0.295. The van der Waals surface area contributed by atoms with Gasteiger partial charge in [0.25, 0.3) is 5.91 Å². The molecule has 1 saturated heterocycles. The van der Waals surface area contributed by atoms with Gasteiger partial charge in [0.15, 0.2) is 11.5 Å². The average molecular weight is 370 g/mol. The number of piperidine rings is 1. The van der Waals surface area contributed by atoms with E-state index < -0.39 is 0 Å². The quantitative estimate of drug-likeness (QED) is 0.765. The van der Waals surface area contributed by atoms with E-state index in [-0.39, 0.29) is 35.8 Å². The lowest BCUT2D eigenvalue weighted by Crippen LogP contribution is -2.47. The van der Waals surface area contributed by atoms with Crippen molar-refractivity contribution < 1.29 is 24.5 Å². The predicted octanol–water partition coefficient (Wildman–Crippen LogP) is 2.22. The summed E-state index contributed by atoms with van der Waals surface area (Å²) in [7, 11) is 0. The summed E-state index contributed by atoms with van der Waals surface area (Å²) in [5, 5.41) is 22.1. The Morgan fingerprint density at radius 2 is 1.89 bits per heavy atom. The van der Waals surface area contributed by atoms with Crippen molar-refractivity contribution in [3.05, 3.63) is 47.5 Å². The molecule has 1 atom stereocenters. The molecule has 1 fully saturated rings. The van der Waals surface area contributed by atoms with Crippen LogP contribution in [0.3, 0.4) is 0 Å². The minimum absolute atomic E-state index is 0.0183. The monoisotopic (exact) mass is 370 g/mol. The van der Waals surface area contributed by atoms with Crippen molar-refractivity contribution in [2.45, 2.75) is 25.4 Å². The van der Waals surface area contributed by atoms with Crippen LogP contribution in [0.4, 0.5) is 0 Å². The number of nitrogens with zero attached hydrogens (tertiary/aromatic N) is 1. The zero-order valence-electron chi connectivity index (χ0n) is 14.9. The first-order chi connectivity index (χ1) is 13.1. The predicted molar refractivity (Wildman–Crippen MR) is 98.1 cm³/mol. The lowest BCUT2D eigenvalue weighted by molar-refractivity contribution is 0.0900. The van der Waals surface area contributed by atoms with Gasteiger partial charge in [0.1, 0.15) is 11.5 Å². The Morgan fingerprint density at radius 1 is 1.11 bits per heavy atom. The molecule has 1 unspecified atom stereocenters. The van der Waals surface area contributed by atoms with Gasteiger partial charge in [-0.05, 0) is 49.2 Å². The number of phenols is 2. The Kier molecular flexibility index (Phi) is 4.77. The molecule has 2 aromatic rings. The van der Waals surface area contributed by atoms with Crippen molar-refractivity contribution in [2.24, 2.45) is 0 Å². The molecule has 2 heterocycles. The Labute approximate surface area is 157 Å². The fraction of sp³-hybridized carbons (Fsp3) is 0.350. The molecule has 0 aromatic heterocycles. The van der Waals surface area contributed by atoms with E-state index in [1.165, 1.54) is 18.2 Å². The van der Waals surface area contributed by atoms with Crippen LogP contribution in [0.5, 0.6) is 23.0 Å². The van der Waals surface area contributed by atoms with E-state index in [0.29, 0.717) is 0 Å². The summed E-state index contributed by atoms with van der Waals surface area (Å²) in [4.78, 5) is 14.7. The normalized spacial score (nSPS) is 19.0. The number of carbonyl (C=O) groups is 1. The van der Waals surface area contributed by atoms with Crippen LogP contribution >= 0.6 is 0 Å². The maximum absolute atomic E-state index is 12.4. The molecule has 7 nitrogen and oxygen atoms in total. The van der Waals surface area contributed by atoms with Crippen molar-refractivity contribution in [2.75, 3.05) is 19.9 Å². The van der Waals surface area contributed by atoms with E-state index in [1.807, 2.05) is 18.2 Å². The summed E-state index contributed by atoms with van der Waals surface area (Å²) in [6.07, 6.45) is 1.88. The van der Waals surface area contributed by atoms with Crippen molar-refractivity contribution in [1.82, 2.24) is 10.2 Å². The minimum Gasteiger partial charge on any atom is -0.508 e. The van der Waals surface area contributed by atoms with E-state index in [1.54, 1.807) is 0 Å². The molecule has 0 bridgehead atoms. The number of benzene rings is 2. The summed E-state index contributed by atoms with van der Waals surface area (Å²) in [5.74, 6) is 0.993. The number of amides is 1. The van der Waals surface area contributed by atoms with Crippen molar-refractivity contribution in [3.8, 4) is 23.0 Å². The first-order valence-corrected chi connectivity index (χ1v) is 9.01. The van der Waals surface area contributed by atoms with Gasteiger partial charge in [-0.3, -0.25) is 9.69 Å². The van der Waals surface area contributed by atoms with Crippen molar-refractivity contribution >= 4 is 5.91 Å². The molecule has 0 radical (unpaired) electrons. The lowest BCUT2D eigenvalue weighted by Gasteiger charge is -2.33. The van der Waals surface area contributed by atoms with Gasteiger partial charge in [-0.2, -0.15) is 0 Å². The highest BCUT2D eigenvalue weighted by atomic mass is 16.7. The van der Waals surface area contributed by atoms with Crippen LogP contribution in [0.15, 0.2) is 36.4 Å². The van der Waals surface area contributed by atoms with E-state index in [2.05, 4.69) is 10.2 Å². The van der Waals surface area contributed by atoms with Crippen LogP contribution in [0.1, 0.15) is 28.8 Å². The first kappa shape index (κ1) is 17.5.